The summed E-state index contributed by atoms with van der Waals surface area (Å²) >= 11 is 0. The topological polar surface area (TPSA) is 77.2 Å². The molecule has 0 fully saturated rings. The van der Waals surface area contributed by atoms with Gasteiger partial charge in [-0.25, -0.2) is 4.98 Å². The summed E-state index contributed by atoms with van der Waals surface area (Å²) in [6.07, 6.45) is 2.64. The van der Waals surface area contributed by atoms with E-state index in [0.29, 0.717) is 24.4 Å². The molecule has 0 saturated carbocycles. The quantitative estimate of drug-likeness (QED) is 0.824. The minimum Gasteiger partial charge on any atom is -0.439 e. The van der Waals surface area contributed by atoms with Crippen LogP contribution < -0.4 is 15.8 Å². The number of para-hydroxylation sites is 1. The summed E-state index contributed by atoms with van der Waals surface area (Å²) in [5, 5.41) is 2.78. The predicted octanol–water partition coefficient (Wildman–Crippen LogP) is 3.78. The van der Waals surface area contributed by atoms with Gasteiger partial charge in [0.05, 0.1) is 11.9 Å². The van der Waals surface area contributed by atoms with Crippen LogP contribution in [0.15, 0.2) is 48.7 Å². The van der Waals surface area contributed by atoms with Gasteiger partial charge in [-0.3, -0.25) is 4.79 Å². The van der Waals surface area contributed by atoms with Gasteiger partial charge in [-0.1, -0.05) is 18.2 Å². The second-order valence-electron chi connectivity index (χ2n) is 4.86. The number of benzene rings is 1. The highest BCUT2D eigenvalue weighted by Crippen LogP contribution is 2.19. The number of amides is 1. The van der Waals surface area contributed by atoms with Gasteiger partial charge in [0.2, 0.25) is 11.8 Å². The predicted molar refractivity (Wildman–Crippen MR) is 96.8 cm³/mol. The Bertz CT molecular complexity index is 578. The number of nitrogens with one attached hydrogen (secondary N) is 1. The average molecular weight is 358 g/mol. The van der Waals surface area contributed by atoms with Crippen molar-refractivity contribution in [2.24, 2.45) is 5.73 Å². The van der Waals surface area contributed by atoms with E-state index in [1.807, 2.05) is 37.3 Å². The number of halogens is 2. The molecule has 0 aliphatic heterocycles. The number of rotatable bonds is 6. The molecular weight excluding hydrogens is 337 g/mol. The van der Waals surface area contributed by atoms with Crippen LogP contribution in [0.2, 0.25) is 0 Å². The summed E-state index contributed by atoms with van der Waals surface area (Å²) in [5.41, 5.74) is 6.26. The van der Waals surface area contributed by atoms with Gasteiger partial charge in [-0.15, -0.1) is 24.8 Å². The van der Waals surface area contributed by atoms with E-state index < -0.39 is 0 Å². The van der Waals surface area contributed by atoms with Gasteiger partial charge in [-0.2, -0.15) is 0 Å². The van der Waals surface area contributed by atoms with Gasteiger partial charge in [0.1, 0.15) is 5.75 Å². The van der Waals surface area contributed by atoms with Gasteiger partial charge in [0, 0.05) is 18.5 Å². The Labute approximate surface area is 148 Å². The number of nitrogens with zero attached hydrogens (tertiary/aromatic N) is 1. The molecule has 1 aromatic heterocycles. The van der Waals surface area contributed by atoms with Crippen LogP contribution >= 0.6 is 24.8 Å². The fourth-order valence-corrected chi connectivity index (χ4v) is 1.71. The lowest BCUT2D eigenvalue weighted by molar-refractivity contribution is -0.116. The second kappa shape index (κ2) is 10.8. The van der Waals surface area contributed by atoms with Crippen molar-refractivity contribution in [1.82, 2.24) is 4.98 Å². The fraction of sp³-hybridized carbons (Fsp3) is 0.250. The van der Waals surface area contributed by atoms with E-state index in [1.165, 1.54) is 0 Å². The third-order valence-corrected chi connectivity index (χ3v) is 2.81. The zero-order valence-electron chi connectivity index (χ0n) is 12.8. The van der Waals surface area contributed by atoms with Crippen molar-refractivity contribution in [2.45, 2.75) is 25.8 Å². The molecule has 23 heavy (non-hydrogen) atoms. The summed E-state index contributed by atoms with van der Waals surface area (Å²) in [6, 6.07) is 12.9. The molecule has 0 radical (unpaired) electrons. The highest BCUT2D eigenvalue weighted by molar-refractivity contribution is 5.90. The standard InChI is InChI=1S/C16H19N3O2.2ClH/c1-12(17)7-9-15(20)19-13-8-10-16(18-11-13)21-14-5-3-2-4-6-14;;/h2-6,8,10-12H,7,9,17H2,1H3,(H,19,20);2*1H. The van der Waals surface area contributed by atoms with E-state index in [9.17, 15) is 4.79 Å². The normalized spacial score (nSPS) is 10.7. The number of anilines is 1. The van der Waals surface area contributed by atoms with Gasteiger partial charge in [0.15, 0.2) is 0 Å². The molecule has 0 bridgehead atoms. The molecule has 0 saturated heterocycles. The molecule has 3 N–H and O–H groups in total. The number of pyridine rings is 1. The van der Waals surface area contributed by atoms with Crippen LogP contribution in [0.4, 0.5) is 5.69 Å². The maximum atomic E-state index is 11.7. The van der Waals surface area contributed by atoms with Crippen molar-refractivity contribution in [1.29, 1.82) is 0 Å². The summed E-state index contributed by atoms with van der Waals surface area (Å²) in [4.78, 5) is 15.8. The molecular formula is C16H21Cl2N3O2. The molecule has 1 atom stereocenters. The molecule has 1 unspecified atom stereocenters. The van der Waals surface area contributed by atoms with E-state index in [1.54, 1.807) is 18.3 Å². The lowest BCUT2D eigenvalue weighted by Gasteiger charge is -2.08. The molecule has 0 aliphatic carbocycles. The first kappa shape index (κ1) is 21.2. The van der Waals surface area contributed by atoms with E-state index >= 15 is 0 Å². The van der Waals surface area contributed by atoms with Crippen LogP contribution in [0.3, 0.4) is 0 Å². The lowest BCUT2D eigenvalue weighted by atomic mass is 10.2. The molecule has 1 heterocycles. The Balaban J connectivity index is 0.00000242. The maximum Gasteiger partial charge on any atom is 0.224 e. The first-order valence-corrected chi connectivity index (χ1v) is 6.88. The van der Waals surface area contributed by atoms with Crippen LogP contribution in [0.25, 0.3) is 0 Å². The molecule has 2 aromatic rings. The number of nitrogens with two attached hydrogens (primary N) is 1. The Morgan fingerprint density at radius 3 is 2.48 bits per heavy atom. The van der Waals surface area contributed by atoms with E-state index in [0.717, 1.165) is 5.75 Å². The van der Waals surface area contributed by atoms with Crippen molar-refractivity contribution < 1.29 is 9.53 Å². The lowest BCUT2D eigenvalue weighted by Crippen LogP contribution is -2.19. The molecule has 2 rings (SSSR count). The van der Waals surface area contributed by atoms with Gasteiger partial charge < -0.3 is 15.8 Å². The third kappa shape index (κ3) is 7.83. The number of aromatic nitrogens is 1. The number of hydrogen-bond donors (Lipinski definition) is 2. The minimum atomic E-state index is -0.0640. The number of ether oxygens (including phenoxy) is 1. The van der Waals surface area contributed by atoms with E-state index in [-0.39, 0.29) is 36.8 Å². The summed E-state index contributed by atoms with van der Waals surface area (Å²) < 4.78 is 5.58. The van der Waals surface area contributed by atoms with Gasteiger partial charge in [-0.05, 0) is 31.5 Å². The second-order valence-corrected chi connectivity index (χ2v) is 4.86. The number of hydrogen-bond acceptors (Lipinski definition) is 4. The van der Waals surface area contributed by atoms with Crippen molar-refractivity contribution in [2.75, 3.05) is 5.32 Å². The molecule has 1 amide bonds. The molecule has 0 aliphatic rings. The summed E-state index contributed by atoms with van der Waals surface area (Å²) in [5.74, 6) is 1.14. The number of carbonyl (C=O) groups excluding carboxylic acids is 1. The average Bonchev–Trinajstić information content (AvgIpc) is 2.48. The zero-order valence-corrected chi connectivity index (χ0v) is 14.4. The van der Waals surface area contributed by atoms with E-state index in [2.05, 4.69) is 10.3 Å². The first-order valence-electron chi connectivity index (χ1n) is 6.88. The van der Waals surface area contributed by atoms with E-state index in [4.69, 9.17) is 10.5 Å². The van der Waals surface area contributed by atoms with Crippen molar-refractivity contribution >= 4 is 36.4 Å². The molecule has 126 valence electrons. The largest absolute Gasteiger partial charge is 0.439 e. The molecule has 7 heteroatoms. The Morgan fingerprint density at radius 2 is 1.91 bits per heavy atom. The summed E-state index contributed by atoms with van der Waals surface area (Å²) in [6.45, 7) is 1.88. The SMILES string of the molecule is CC(N)CCC(=O)Nc1ccc(Oc2ccccc2)nc1.Cl.Cl. The number of carbonyl (C=O) groups is 1. The van der Waals surface area contributed by atoms with Crippen molar-refractivity contribution in [3.05, 3.63) is 48.7 Å². The molecule has 0 spiro atoms. The van der Waals surface area contributed by atoms with Crippen LogP contribution in [0.1, 0.15) is 19.8 Å². The third-order valence-electron chi connectivity index (χ3n) is 2.81. The van der Waals surface area contributed by atoms with Crippen LogP contribution in [0.5, 0.6) is 11.6 Å². The fourth-order valence-electron chi connectivity index (χ4n) is 1.71. The van der Waals surface area contributed by atoms with Gasteiger partial charge >= 0.3 is 0 Å². The molecule has 5 nitrogen and oxygen atoms in total. The zero-order chi connectivity index (χ0) is 15.1. The monoisotopic (exact) mass is 357 g/mol. The highest BCUT2D eigenvalue weighted by atomic mass is 35.5. The van der Waals surface area contributed by atoms with Crippen molar-refractivity contribution in [3.8, 4) is 11.6 Å². The van der Waals surface area contributed by atoms with Gasteiger partial charge in [0.25, 0.3) is 0 Å². The summed E-state index contributed by atoms with van der Waals surface area (Å²) in [7, 11) is 0. The molecule has 1 aromatic carbocycles. The van der Waals surface area contributed by atoms with Crippen LogP contribution in [0, 0.1) is 0 Å². The Morgan fingerprint density at radius 1 is 1.22 bits per heavy atom. The minimum absolute atomic E-state index is 0. The highest BCUT2D eigenvalue weighted by Gasteiger charge is 2.05. The smallest absolute Gasteiger partial charge is 0.224 e. The van der Waals surface area contributed by atoms with Crippen LogP contribution in [-0.2, 0) is 4.79 Å². The Kier molecular flexibility index (Phi) is 9.97. The first-order chi connectivity index (χ1) is 10.1. The van der Waals surface area contributed by atoms with Crippen molar-refractivity contribution in [3.63, 3.8) is 0 Å². The maximum absolute atomic E-state index is 11.7. The Hall–Kier alpha value is -1.82. The van der Waals surface area contributed by atoms with Crippen LogP contribution in [-0.4, -0.2) is 16.9 Å².